The molecule has 0 radical (unpaired) electrons. The molecule has 0 N–H and O–H groups in total. The highest BCUT2D eigenvalue weighted by Gasteiger charge is 2.54. The van der Waals surface area contributed by atoms with E-state index in [4.69, 9.17) is 26.6 Å². The summed E-state index contributed by atoms with van der Waals surface area (Å²) in [5.74, 6) is -1.76. The molecule has 176 valence electrons. The molecule has 2 aromatic carbocycles. The summed E-state index contributed by atoms with van der Waals surface area (Å²) in [5, 5.41) is 9.63. The monoisotopic (exact) mass is 501 g/mol. The maximum Gasteiger partial charge on any atom is 0.346 e. The van der Waals surface area contributed by atoms with E-state index in [-0.39, 0.29) is 28.7 Å². The quantitative estimate of drug-likeness (QED) is 0.450. The predicted molar refractivity (Wildman–Crippen MR) is 128 cm³/mol. The third-order valence-corrected chi connectivity index (χ3v) is 7.28. The first-order valence-electron chi connectivity index (χ1n) is 10.8. The van der Waals surface area contributed by atoms with Gasteiger partial charge in [-0.05, 0) is 61.4 Å². The van der Waals surface area contributed by atoms with Gasteiger partial charge in [0.1, 0.15) is 22.1 Å². The molecule has 2 aliphatic heterocycles. The molecule has 5 nitrogen and oxygen atoms in total. The van der Waals surface area contributed by atoms with E-state index in [2.05, 4.69) is 0 Å². The molecule has 2 atom stereocenters. The first-order chi connectivity index (χ1) is 16.1. The minimum atomic E-state index is -1.18. The second-order valence-electron chi connectivity index (χ2n) is 8.49. The van der Waals surface area contributed by atoms with E-state index in [9.17, 15) is 9.18 Å². The van der Waals surface area contributed by atoms with E-state index in [0.717, 1.165) is 0 Å². The average molecular weight is 502 g/mol. The van der Waals surface area contributed by atoms with Crippen LogP contribution in [0, 0.1) is 28.9 Å². The van der Waals surface area contributed by atoms with Gasteiger partial charge in [-0.25, -0.2) is 18.6 Å². The van der Waals surface area contributed by atoms with Crippen molar-refractivity contribution in [1.29, 1.82) is 5.26 Å². The third-order valence-electron chi connectivity index (χ3n) is 5.92. The SMILES string of the molecule is CCOC(=O)C1=C(C(C)C)N2C(=N[C@@](C)(c3ccc(C#N)cc3F)[C@H]2c2ccc(Cl)c(F)c2)S1. The van der Waals surface area contributed by atoms with Crippen LogP contribution < -0.4 is 0 Å². The zero-order valence-corrected chi connectivity index (χ0v) is 20.6. The fourth-order valence-electron chi connectivity index (χ4n) is 4.48. The summed E-state index contributed by atoms with van der Waals surface area (Å²) >= 11 is 7.11. The number of halogens is 3. The smallest absolute Gasteiger partial charge is 0.346 e. The Labute approximate surface area is 206 Å². The van der Waals surface area contributed by atoms with Crippen molar-refractivity contribution in [3.63, 3.8) is 0 Å². The van der Waals surface area contributed by atoms with Crippen LogP contribution in [0.3, 0.4) is 0 Å². The Kier molecular flexibility index (Phi) is 6.45. The molecule has 0 saturated carbocycles. The molecular weight excluding hydrogens is 480 g/mol. The number of carbonyl (C=O) groups is 1. The van der Waals surface area contributed by atoms with E-state index < -0.39 is 29.2 Å². The molecule has 2 aromatic rings. The first-order valence-corrected chi connectivity index (χ1v) is 11.9. The predicted octanol–water partition coefficient (Wildman–Crippen LogP) is 6.30. The lowest BCUT2D eigenvalue weighted by atomic mass is 9.80. The van der Waals surface area contributed by atoms with Crippen LogP contribution in [-0.4, -0.2) is 22.6 Å². The topological polar surface area (TPSA) is 65.7 Å². The van der Waals surface area contributed by atoms with Crippen molar-refractivity contribution in [2.75, 3.05) is 6.61 Å². The fourth-order valence-corrected chi connectivity index (χ4v) is 5.90. The minimum Gasteiger partial charge on any atom is -0.462 e. The number of aliphatic imine (C=N–C) groups is 1. The number of rotatable bonds is 5. The van der Waals surface area contributed by atoms with E-state index >= 15 is 4.39 Å². The number of nitriles is 1. The van der Waals surface area contributed by atoms with Gasteiger partial charge in [0.05, 0.1) is 29.3 Å². The maximum atomic E-state index is 15.3. The Balaban J connectivity index is 1.94. The van der Waals surface area contributed by atoms with Gasteiger partial charge in [0.2, 0.25) is 0 Å². The number of thioether (sulfide) groups is 1. The van der Waals surface area contributed by atoms with E-state index in [1.165, 1.54) is 42.1 Å². The van der Waals surface area contributed by atoms with Crippen LogP contribution in [0.2, 0.25) is 5.02 Å². The summed E-state index contributed by atoms with van der Waals surface area (Å²) in [4.78, 5) is 19.9. The summed E-state index contributed by atoms with van der Waals surface area (Å²) in [6, 6.07) is 9.94. The molecule has 0 spiro atoms. The van der Waals surface area contributed by atoms with Crippen LogP contribution in [0.5, 0.6) is 0 Å². The molecule has 0 saturated heterocycles. The number of amidine groups is 1. The van der Waals surface area contributed by atoms with E-state index in [0.29, 0.717) is 21.3 Å². The molecule has 0 unspecified atom stereocenters. The van der Waals surface area contributed by atoms with Crippen molar-refractivity contribution in [1.82, 2.24) is 4.90 Å². The molecule has 0 aliphatic carbocycles. The number of allylic oxidation sites excluding steroid dienone is 1. The van der Waals surface area contributed by atoms with Crippen LogP contribution in [0.15, 0.2) is 52.0 Å². The van der Waals surface area contributed by atoms with Crippen molar-refractivity contribution in [2.24, 2.45) is 10.9 Å². The van der Waals surface area contributed by atoms with Crippen LogP contribution >= 0.6 is 23.4 Å². The number of fused-ring (bicyclic) bond motifs is 1. The lowest BCUT2D eigenvalue weighted by Crippen LogP contribution is -2.36. The van der Waals surface area contributed by atoms with Gasteiger partial charge in [-0.2, -0.15) is 5.26 Å². The molecule has 2 aliphatic rings. The second kappa shape index (κ2) is 9.05. The number of carbonyl (C=O) groups excluding carboxylic acids is 1. The van der Waals surface area contributed by atoms with E-state index in [1.54, 1.807) is 19.9 Å². The fraction of sp³-hybridized carbons (Fsp3) is 0.320. The average Bonchev–Trinajstić information content (AvgIpc) is 3.28. The van der Waals surface area contributed by atoms with Gasteiger partial charge in [-0.1, -0.05) is 37.6 Å². The molecule has 0 fully saturated rings. The maximum absolute atomic E-state index is 15.3. The number of benzene rings is 2. The molecule has 2 heterocycles. The van der Waals surface area contributed by atoms with Gasteiger partial charge >= 0.3 is 5.97 Å². The normalized spacial score (nSPS) is 21.6. The number of hydrogen-bond donors (Lipinski definition) is 0. The number of ether oxygens (including phenoxy) is 1. The summed E-state index contributed by atoms with van der Waals surface area (Å²) < 4.78 is 35.1. The molecule has 9 heteroatoms. The Hall–Kier alpha value is -2.89. The van der Waals surface area contributed by atoms with Crippen LogP contribution in [0.1, 0.15) is 50.4 Å². The molecule has 0 amide bonds. The third kappa shape index (κ3) is 3.87. The molecular formula is C25H22ClF2N3O2S. The highest BCUT2D eigenvalue weighted by molar-refractivity contribution is 8.18. The number of hydrogen-bond acceptors (Lipinski definition) is 6. The Morgan fingerprint density at radius 3 is 2.62 bits per heavy atom. The van der Waals surface area contributed by atoms with Crippen molar-refractivity contribution in [3.8, 4) is 6.07 Å². The first kappa shape index (κ1) is 24.2. The van der Waals surface area contributed by atoms with Gasteiger partial charge in [-0.15, -0.1) is 0 Å². The Bertz CT molecular complexity index is 1290. The van der Waals surface area contributed by atoms with Crippen LogP contribution in [-0.2, 0) is 15.1 Å². The Morgan fingerprint density at radius 1 is 1.29 bits per heavy atom. The molecule has 0 aromatic heterocycles. The van der Waals surface area contributed by atoms with Gasteiger partial charge in [-0.3, -0.25) is 0 Å². The van der Waals surface area contributed by atoms with Crippen molar-refractivity contribution in [3.05, 3.63) is 80.3 Å². The van der Waals surface area contributed by atoms with Crippen molar-refractivity contribution < 1.29 is 18.3 Å². The Morgan fingerprint density at radius 2 is 2.03 bits per heavy atom. The highest BCUT2D eigenvalue weighted by atomic mass is 35.5. The lowest BCUT2D eigenvalue weighted by Gasteiger charge is -2.37. The number of esters is 1. The molecule has 34 heavy (non-hydrogen) atoms. The largest absolute Gasteiger partial charge is 0.462 e. The number of nitrogens with zero attached hydrogens (tertiary/aromatic N) is 3. The summed E-state index contributed by atoms with van der Waals surface area (Å²) in [6.07, 6.45) is 0. The van der Waals surface area contributed by atoms with E-state index in [1.807, 2.05) is 24.8 Å². The highest BCUT2D eigenvalue weighted by Crippen LogP contribution is 2.56. The van der Waals surface area contributed by atoms with Gasteiger partial charge in [0, 0.05) is 11.3 Å². The molecule has 4 rings (SSSR count). The van der Waals surface area contributed by atoms with Crippen LogP contribution in [0.25, 0.3) is 0 Å². The molecule has 0 bridgehead atoms. The standard InChI is InChI=1S/C25H22ClF2N3O2S/c1-5-33-23(32)21-20(13(2)3)31-22(15-7-9-17(26)19(28)11-15)25(4,30-24(31)34-21)16-8-6-14(12-29)10-18(16)27/h6-11,13,22H,5H2,1-4H3/t22-,25+/m1/s1. The van der Waals surface area contributed by atoms with Gasteiger partial charge in [0.25, 0.3) is 0 Å². The second-order valence-corrected chi connectivity index (χ2v) is 9.87. The summed E-state index contributed by atoms with van der Waals surface area (Å²) in [5.41, 5.74) is 0.471. The van der Waals surface area contributed by atoms with Crippen molar-refractivity contribution >= 4 is 34.5 Å². The zero-order valence-electron chi connectivity index (χ0n) is 19.0. The summed E-state index contributed by atoms with van der Waals surface area (Å²) in [7, 11) is 0. The lowest BCUT2D eigenvalue weighted by molar-refractivity contribution is -0.137. The van der Waals surface area contributed by atoms with Gasteiger partial charge < -0.3 is 9.64 Å². The van der Waals surface area contributed by atoms with Crippen molar-refractivity contribution in [2.45, 2.75) is 39.3 Å². The van der Waals surface area contributed by atoms with Gasteiger partial charge in [0.15, 0.2) is 5.17 Å². The zero-order chi connectivity index (χ0) is 24.8. The van der Waals surface area contributed by atoms with Crippen LogP contribution in [0.4, 0.5) is 8.78 Å². The minimum absolute atomic E-state index is 0.0308. The summed E-state index contributed by atoms with van der Waals surface area (Å²) in [6.45, 7) is 7.60.